The highest BCUT2D eigenvalue weighted by molar-refractivity contribution is 8.76. The van der Waals surface area contributed by atoms with Crippen LogP contribution in [0.2, 0.25) is 0 Å². The quantitative estimate of drug-likeness (QED) is 0.0279. The Morgan fingerprint density at radius 2 is 1.12 bits per heavy atom. The van der Waals surface area contributed by atoms with Crippen LogP contribution in [-0.2, 0) is 52.8 Å². The number of nitrogens with two attached hydrogens (primary N) is 2. The number of phenols is 1. The summed E-state index contributed by atoms with van der Waals surface area (Å²) in [5, 5.41) is 55.4. The number of aromatic amines is 1. The summed E-state index contributed by atoms with van der Waals surface area (Å²) in [5.41, 5.74) is 14.9. The Bertz CT molecular complexity index is 2280. The van der Waals surface area contributed by atoms with Gasteiger partial charge in [0.05, 0.1) is 18.2 Å². The average Bonchev–Trinajstić information content (AvgIpc) is 3.70. The molecule has 0 aliphatic carbocycles. The van der Waals surface area contributed by atoms with Crippen molar-refractivity contribution in [3.05, 3.63) is 102 Å². The van der Waals surface area contributed by atoms with Gasteiger partial charge in [-0.2, -0.15) is 0 Å². The number of fused-ring (bicyclic) bond motifs is 1. The van der Waals surface area contributed by atoms with E-state index in [1.165, 1.54) is 26.1 Å². The van der Waals surface area contributed by atoms with Gasteiger partial charge in [-0.1, -0.05) is 82.3 Å². The van der Waals surface area contributed by atoms with Crippen molar-refractivity contribution < 1.29 is 54.0 Å². The molecule has 9 atom stereocenters. The number of phenolic OH excluding ortho intramolecular Hbond substituents is 1. The molecule has 1 heterocycles. The van der Waals surface area contributed by atoms with Crippen LogP contribution in [0.3, 0.4) is 0 Å². The second-order valence-corrected chi connectivity index (χ2v) is 18.0. The first-order chi connectivity index (χ1) is 31.4. The number of para-hydroxylation sites is 1. The summed E-state index contributed by atoms with van der Waals surface area (Å²) in [7, 11) is 3.33. The van der Waals surface area contributed by atoms with E-state index < -0.39 is 95.9 Å². The molecule has 15 N–H and O–H groups in total. The highest BCUT2D eigenvalue weighted by atomic mass is 33.1. The van der Waals surface area contributed by atoms with Crippen LogP contribution in [0.4, 0.5) is 0 Å². The van der Waals surface area contributed by atoms with Crippen LogP contribution in [0.1, 0.15) is 30.5 Å². The van der Waals surface area contributed by atoms with Gasteiger partial charge in [-0.3, -0.25) is 28.8 Å². The largest absolute Gasteiger partial charge is 0.508 e. The van der Waals surface area contributed by atoms with E-state index >= 15 is 0 Å². The summed E-state index contributed by atoms with van der Waals surface area (Å²) < 4.78 is 0. The smallest absolute Gasteiger partial charge is 0.328 e. The van der Waals surface area contributed by atoms with Gasteiger partial charge in [0.15, 0.2) is 6.04 Å². The van der Waals surface area contributed by atoms with Crippen LogP contribution in [0.5, 0.6) is 5.75 Å². The van der Waals surface area contributed by atoms with Crippen molar-refractivity contribution in [3.63, 3.8) is 0 Å². The number of aliphatic hydroxyl groups excluding tert-OH is 2. The molecule has 6 amide bonds. The number of carbonyl (C=O) groups excluding carboxylic acids is 6. The van der Waals surface area contributed by atoms with Crippen LogP contribution < -0.4 is 43.4 Å². The topological polar surface area (TPSA) is 340 Å². The predicted octanol–water partition coefficient (Wildman–Crippen LogP) is -1.05. The number of aromatic hydroxyl groups is 1. The molecule has 0 saturated carbocycles. The molecule has 0 saturated heterocycles. The molecule has 0 radical (unpaired) electrons. The van der Waals surface area contributed by atoms with Crippen molar-refractivity contribution in [1.82, 2.24) is 36.9 Å². The molecule has 0 bridgehead atoms. The Labute approximate surface area is 388 Å². The molecule has 22 heteroatoms. The first-order valence-electron chi connectivity index (χ1n) is 20.8. The van der Waals surface area contributed by atoms with Crippen molar-refractivity contribution in [1.29, 1.82) is 0 Å². The van der Waals surface area contributed by atoms with E-state index in [4.69, 9.17) is 11.5 Å². The van der Waals surface area contributed by atoms with E-state index in [1.807, 2.05) is 24.3 Å². The zero-order valence-electron chi connectivity index (χ0n) is 36.4. The van der Waals surface area contributed by atoms with E-state index in [2.05, 4.69) is 36.9 Å². The number of carbonyl (C=O) groups is 7. The molecule has 4 rings (SSSR count). The summed E-state index contributed by atoms with van der Waals surface area (Å²) in [6.45, 7) is 2.41. The number of benzene rings is 3. The minimum atomic E-state index is -1.74. The molecule has 3 aromatic carbocycles. The van der Waals surface area contributed by atoms with E-state index in [0.717, 1.165) is 50.5 Å². The van der Waals surface area contributed by atoms with Gasteiger partial charge in [0.25, 0.3) is 0 Å². The number of aromatic nitrogens is 1. The maximum atomic E-state index is 14.3. The van der Waals surface area contributed by atoms with E-state index in [1.54, 1.807) is 48.7 Å². The van der Waals surface area contributed by atoms with Gasteiger partial charge in [0.1, 0.15) is 36.0 Å². The number of carboxylic acid groups (broad SMARTS) is 1. The van der Waals surface area contributed by atoms with Gasteiger partial charge in [-0.15, -0.1) is 0 Å². The summed E-state index contributed by atoms with van der Waals surface area (Å²) in [6.07, 6.45) is -1.01. The lowest BCUT2D eigenvalue weighted by molar-refractivity contribution is -0.145. The van der Waals surface area contributed by atoms with Gasteiger partial charge in [-0.05, 0) is 55.2 Å². The van der Waals surface area contributed by atoms with Crippen molar-refractivity contribution in [2.75, 3.05) is 18.6 Å². The SMILES string of the molecule is CNC(=O)[C@@H](Cc1c[nH]c2ccccc12)NC(=O)[C@H](Cc1ccc(O)cc1)NC(=O)[C@H](CSSC[C@H](NC(=O)[C@@H](N)[C@@H](C)O)C(=O)N[C@H](C(=O)O)[C@@H](C)O)NC(=O)[C@H](N)Cc1ccccc1. The second-order valence-electron chi connectivity index (χ2n) is 15.5. The van der Waals surface area contributed by atoms with Crippen molar-refractivity contribution in [2.24, 2.45) is 11.5 Å². The molecular formula is C44H57N9O11S2. The number of aliphatic hydroxyl groups is 2. The highest BCUT2D eigenvalue weighted by Gasteiger charge is 2.34. The van der Waals surface area contributed by atoms with Crippen LogP contribution in [0.25, 0.3) is 10.9 Å². The Kier molecular flexibility index (Phi) is 20.3. The first kappa shape index (κ1) is 52.5. The third kappa shape index (κ3) is 15.8. The zero-order valence-corrected chi connectivity index (χ0v) is 38.1. The highest BCUT2D eigenvalue weighted by Crippen LogP contribution is 2.24. The third-order valence-electron chi connectivity index (χ3n) is 10.3. The Balaban J connectivity index is 1.59. The molecule has 0 aliphatic heterocycles. The van der Waals surface area contributed by atoms with Crippen molar-refractivity contribution in [2.45, 2.75) is 87.6 Å². The predicted molar refractivity (Wildman–Crippen MR) is 250 cm³/mol. The number of hydrogen-bond donors (Lipinski definition) is 13. The number of rotatable bonds is 25. The fraction of sp³-hybridized carbons (Fsp3) is 0.386. The molecular weight excluding hydrogens is 895 g/mol. The first-order valence-corrected chi connectivity index (χ1v) is 23.3. The van der Waals surface area contributed by atoms with Crippen LogP contribution in [0.15, 0.2) is 85.1 Å². The molecule has 1 aromatic heterocycles. The number of carboxylic acids is 1. The fourth-order valence-corrected chi connectivity index (χ4v) is 8.82. The standard InChI is InChI=1S/C44H57N9O11S2/c1-23(54)36(46)43(62)52-35(42(61)53-37(24(2)55)44(63)64)22-66-65-21-34(51-38(57)30(45)17-25-9-5-4-6-10-25)41(60)49-32(18-26-13-15-28(56)16-14-26)40(59)50-33(39(58)47-3)19-27-20-48-31-12-8-7-11-29(27)31/h4-16,20,23-24,30,32-37,48,54-56H,17-19,21-22,45-46H2,1-3H3,(H,47,58)(H,49,60)(H,50,59)(H,51,57)(H,52,62)(H,53,61)(H,63,64)/t23-,24-,30-,32+,33-,34+,35+,36+,37+/m1/s1. The third-order valence-corrected chi connectivity index (χ3v) is 12.7. The summed E-state index contributed by atoms with van der Waals surface area (Å²) in [6, 6.07) is 12.7. The number of aliphatic carboxylic acids is 1. The van der Waals surface area contributed by atoms with E-state index in [9.17, 15) is 54.0 Å². The normalized spacial score (nSPS) is 15.3. The Hall–Kier alpha value is -6.17. The minimum absolute atomic E-state index is 0.0407. The molecule has 4 aromatic rings. The minimum Gasteiger partial charge on any atom is -0.508 e. The van der Waals surface area contributed by atoms with Crippen LogP contribution >= 0.6 is 21.6 Å². The van der Waals surface area contributed by atoms with Crippen LogP contribution in [-0.4, -0.2) is 140 Å². The van der Waals surface area contributed by atoms with Gasteiger partial charge in [0, 0.05) is 48.5 Å². The summed E-state index contributed by atoms with van der Waals surface area (Å²) in [5.74, 6) is -6.79. The van der Waals surface area contributed by atoms with Crippen molar-refractivity contribution >= 4 is 73.9 Å². The number of hydrogen-bond acceptors (Lipinski definition) is 14. The van der Waals surface area contributed by atoms with Gasteiger partial charge < -0.3 is 68.8 Å². The number of nitrogens with one attached hydrogen (secondary N) is 7. The van der Waals surface area contributed by atoms with E-state index in [0.29, 0.717) is 5.56 Å². The molecule has 0 fully saturated rings. The summed E-state index contributed by atoms with van der Waals surface area (Å²) >= 11 is 0. The van der Waals surface area contributed by atoms with Gasteiger partial charge in [-0.25, -0.2) is 4.79 Å². The number of amides is 6. The zero-order chi connectivity index (χ0) is 48.5. The van der Waals surface area contributed by atoms with Gasteiger partial charge in [0.2, 0.25) is 35.4 Å². The molecule has 356 valence electrons. The molecule has 20 nitrogen and oxygen atoms in total. The fourth-order valence-electron chi connectivity index (χ4n) is 6.49. The second kappa shape index (κ2) is 25.5. The molecule has 66 heavy (non-hydrogen) atoms. The lowest BCUT2D eigenvalue weighted by Gasteiger charge is -2.26. The number of likely N-dealkylation sites (N-methyl/N-ethyl adjacent to an activating group) is 1. The maximum Gasteiger partial charge on any atom is 0.328 e. The van der Waals surface area contributed by atoms with E-state index in [-0.39, 0.29) is 36.5 Å². The van der Waals surface area contributed by atoms with Crippen molar-refractivity contribution in [3.8, 4) is 5.75 Å². The molecule has 0 aliphatic rings. The van der Waals surface area contributed by atoms with Crippen LogP contribution in [0, 0.1) is 0 Å². The average molecular weight is 952 g/mol. The lowest BCUT2D eigenvalue weighted by atomic mass is 10.0. The Morgan fingerprint density at radius 3 is 1.70 bits per heavy atom. The molecule has 0 spiro atoms. The Morgan fingerprint density at radius 1 is 0.606 bits per heavy atom. The summed E-state index contributed by atoms with van der Waals surface area (Å²) in [4.78, 5) is 96.4. The van der Waals surface area contributed by atoms with Gasteiger partial charge >= 0.3 is 5.97 Å². The monoisotopic (exact) mass is 951 g/mol. The molecule has 0 unspecified atom stereocenters. The lowest BCUT2D eigenvalue weighted by Crippen LogP contribution is -2.59. The number of H-pyrrole nitrogens is 1. The maximum absolute atomic E-state index is 14.3.